The normalized spacial score (nSPS) is 13.2. The van der Waals surface area contributed by atoms with Gasteiger partial charge in [-0.1, -0.05) is 0 Å². The van der Waals surface area contributed by atoms with Gasteiger partial charge in [-0.05, 0) is 49.6 Å². The zero-order valence-electron chi connectivity index (χ0n) is 7.55. The minimum atomic E-state index is -2.44. The second-order valence-corrected chi connectivity index (χ2v) is 4.78. The second kappa shape index (κ2) is 5.23. The van der Waals surface area contributed by atoms with Crippen LogP contribution in [0.4, 0.5) is 8.78 Å². The lowest BCUT2D eigenvalue weighted by Crippen LogP contribution is -2.14. The largest absolute Gasteiger partial charge is 0.506 e. The fourth-order valence-corrected chi connectivity index (χ4v) is 2.35. The standard InChI is InChI=1S/C9H9Br2F2NO/c10-5-1-4(2-6(11)9(5)15)7(14)3-8(12)13/h1-2,7-8,15H,3,14H2/t7-/m1/s1. The van der Waals surface area contributed by atoms with E-state index < -0.39 is 18.9 Å². The third-order valence-corrected chi connectivity index (χ3v) is 3.11. The number of phenols is 1. The lowest BCUT2D eigenvalue weighted by Gasteiger charge is -2.13. The van der Waals surface area contributed by atoms with E-state index in [1.807, 2.05) is 0 Å². The lowest BCUT2D eigenvalue weighted by atomic mass is 10.1. The molecule has 1 aromatic carbocycles. The number of alkyl halides is 2. The van der Waals surface area contributed by atoms with Crippen LogP contribution in [0.2, 0.25) is 0 Å². The summed E-state index contributed by atoms with van der Waals surface area (Å²) in [4.78, 5) is 0. The summed E-state index contributed by atoms with van der Waals surface area (Å²) >= 11 is 6.22. The van der Waals surface area contributed by atoms with E-state index in [1.54, 1.807) is 0 Å². The number of nitrogens with two attached hydrogens (primary N) is 1. The number of benzene rings is 1. The van der Waals surface area contributed by atoms with Crippen molar-refractivity contribution in [2.24, 2.45) is 5.73 Å². The molecule has 0 aliphatic carbocycles. The average Bonchev–Trinajstić information content (AvgIpc) is 2.12. The smallest absolute Gasteiger partial charge is 0.240 e. The van der Waals surface area contributed by atoms with Crippen LogP contribution in [0.3, 0.4) is 0 Å². The molecule has 0 spiro atoms. The highest BCUT2D eigenvalue weighted by Gasteiger charge is 2.15. The average molecular weight is 345 g/mol. The van der Waals surface area contributed by atoms with Gasteiger partial charge in [-0.25, -0.2) is 8.78 Å². The fraction of sp³-hybridized carbons (Fsp3) is 0.333. The van der Waals surface area contributed by atoms with Gasteiger partial charge in [0, 0.05) is 12.5 Å². The van der Waals surface area contributed by atoms with Crippen LogP contribution in [-0.4, -0.2) is 11.5 Å². The van der Waals surface area contributed by atoms with Gasteiger partial charge in [0.2, 0.25) is 6.43 Å². The third-order valence-electron chi connectivity index (χ3n) is 1.90. The Morgan fingerprint density at radius 1 is 1.27 bits per heavy atom. The van der Waals surface area contributed by atoms with Crippen molar-refractivity contribution >= 4 is 31.9 Å². The maximum atomic E-state index is 12.1. The van der Waals surface area contributed by atoms with E-state index in [4.69, 9.17) is 5.73 Å². The van der Waals surface area contributed by atoms with Crippen LogP contribution in [0.5, 0.6) is 5.75 Å². The fourth-order valence-electron chi connectivity index (χ4n) is 1.13. The van der Waals surface area contributed by atoms with Crippen LogP contribution in [-0.2, 0) is 0 Å². The molecule has 0 heterocycles. The first kappa shape index (κ1) is 12.9. The summed E-state index contributed by atoms with van der Waals surface area (Å²) in [7, 11) is 0. The molecular weight excluding hydrogens is 336 g/mol. The van der Waals surface area contributed by atoms with Crippen molar-refractivity contribution < 1.29 is 13.9 Å². The minimum Gasteiger partial charge on any atom is -0.506 e. The summed E-state index contributed by atoms with van der Waals surface area (Å²) in [5.74, 6) is 0.0306. The van der Waals surface area contributed by atoms with Crippen molar-refractivity contribution in [1.29, 1.82) is 0 Å². The maximum absolute atomic E-state index is 12.1. The highest BCUT2D eigenvalue weighted by atomic mass is 79.9. The molecule has 0 aliphatic rings. The molecule has 0 aliphatic heterocycles. The number of phenolic OH excluding ortho intramolecular Hbond substituents is 1. The molecule has 0 aromatic heterocycles. The number of hydrogen-bond donors (Lipinski definition) is 2. The first-order chi connectivity index (χ1) is 6.91. The summed E-state index contributed by atoms with van der Waals surface area (Å²) in [6.45, 7) is 0. The Hall–Kier alpha value is -0.200. The highest BCUT2D eigenvalue weighted by molar-refractivity contribution is 9.11. The third kappa shape index (κ3) is 3.39. The van der Waals surface area contributed by atoms with Gasteiger partial charge in [-0.2, -0.15) is 0 Å². The van der Waals surface area contributed by atoms with Crippen LogP contribution in [0, 0.1) is 0 Å². The Morgan fingerprint density at radius 3 is 2.13 bits per heavy atom. The van der Waals surface area contributed by atoms with Crippen LogP contribution in [0.25, 0.3) is 0 Å². The van der Waals surface area contributed by atoms with E-state index >= 15 is 0 Å². The van der Waals surface area contributed by atoms with Gasteiger partial charge in [0.1, 0.15) is 5.75 Å². The van der Waals surface area contributed by atoms with Crippen molar-refractivity contribution in [3.8, 4) is 5.75 Å². The summed E-state index contributed by atoms with van der Waals surface area (Å²) in [5, 5.41) is 9.41. The highest BCUT2D eigenvalue weighted by Crippen LogP contribution is 2.35. The Bertz CT molecular complexity index is 337. The van der Waals surface area contributed by atoms with Crippen molar-refractivity contribution in [3.05, 3.63) is 26.6 Å². The van der Waals surface area contributed by atoms with Crippen molar-refractivity contribution in [2.45, 2.75) is 18.9 Å². The zero-order valence-corrected chi connectivity index (χ0v) is 10.7. The van der Waals surface area contributed by atoms with Gasteiger partial charge in [0.15, 0.2) is 0 Å². The molecule has 0 saturated carbocycles. The van der Waals surface area contributed by atoms with Crippen LogP contribution < -0.4 is 5.73 Å². The number of halogens is 4. The summed E-state index contributed by atoms with van der Waals surface area (Å²) < 4.78 is 25.1. The van der Waals surface area contributed by atoms with Crippen molar-refractivity contribution in [1.82, 2.24) is 0 Å². The van der Waals surface area contributed by atoms with E-state index in [0.29, 0.717) is 14.5 Å². The zero-order chi connectivity index (χ0) is 11.6. The van der Waals surface area contributed by atoms with E-state index in [1.165, 1.54) is 12.1 Å². The summed E-state index contributed by atoms with van der Waals surface area (Å²) in [5.41, 5.74) is 6.13. The second-order valence-electron chi connectivity index (χ2n) is 3.07. The Balaban J connectivity index is 2.95. The molecule has 0 radical (unpaired) electrons. The van der Waals surface area contributed by atoms with Gasteiger partial charge in [0.05, 0.1) is 8.95 Å². The molecular formula is C9H9Br2F2NO. The van der Waals surface area contributed by atoms with E-state index in [0.717, 1.165) is 0 Å². The minimum absolute atomic E-state index is 0.0306. The van der Waals surface area contributed by atoms with Gasteiger partial charge < -0.3 is 10.8 Å². The molecule has 1 rings (SSSR count). The summed E-state index contributed by atoms with van der Waals surface area (Å²) in [6, 6.07) is 2.33. The molecule has 0 bridgehead atoms. The first-order valence-corrected chi connectivity index (χ1v) is 5.72. The van der Waals surface area contributed by atoms with Crippen molar-refractivity contribution in [3.63, 3.8) is 0 Å². The molecule has 0 amide bonds. The number of hydrogen-bond acceptors (Lipinski definition) is 2. The SMILES string of the molecule is N[C@H](CC(F)F)c1cc(Br)c(O)c(Br)c1. The van der Waals surface area contributed by atoms with Crippen LogP contribution in [0.1, 0.15) is 18.0 Å². The monoisotopic (exact) mass is 343 g/mol. The van der Waals surface area contributed by atoms with Gasteiger partial charge in [0.25, 0.3) is 0 Å². The Labute approximate surface area is 103 Å². The van der Waals surface area contributed by atoms with Gasteiger partial charge in [-0.15, -0.1) is 0 Å². The van der Waals surface area contributed by atoms with Gasteiger partial charge in [-0.3, -0.25) is 0 Å². The molecule has 0 saturated heterocycles. The van der Waals surface area contributed by atoms with E-state index in [2.05, 4.69) is 31.9 Å². The lowest BCUT2D eigenvalue weighted by molar-refractivity contribution is 0.128. The predicted molar refractivity (Wildman–Crippen MR) is 61.1 cm³/mol. The Kier molecular flexibility index (Phi) is 4.48. The first-order valence-electron chi connectivity index (χ1n) is 4.13. The molecule has 6 heteroatoms. The maximum Gasteiger partial charge on any atom is 0.240 e. The molecule has 0 unspecified atom stereocenters. The molecule has 15 heavy (non-hydrogen) atoms. The number of aromatic hydroxyl groups is 1. The van der Waals surface area contributed by atoms with Crippen LogP contribution >= 0.6 is 31.9 Å². The molecule has 0 fully saturated rings. The van der Waals surface area contributed by atoms with Gasteiger partial charge >= 0.3 is 0 Å². The predicted octanol–water partition coefficient (Wildman–Crippen LogP) is 3.57. The molecule has 2 nitrogen and oxygen atoms in total. The number of rotatable bonds is 3. The molecule has 1 atom stereocenters. The van der Waals surface area contributed by atoms with Crippen molar-refractivity contribution in [2.75, 3.05) is 0 Å². The quantitative estimate of drug-likeness (QED) is 0.880. The van der Waals surface area contributed by atoms with Crippen LogP contribution in [0.15, 0.2) is 21.1 Å². The van der Waals surface area contributed by atoms with E-state index in [9.17, 15) is 13.9 Å². The molecule has 3 N–H and O–H groups in total. The molecule has 84 valence electrons. The van der Waals surface area contributed by atoms with E-state index in [-0.39, 0.29) is 5.75 Å². The molecule has 1 aromatic rings. The Morgan fingerprint density at radius 2 is 1.73 bits per heavy atom. The topological polar surface area (TPSA) is 46.2 Å². The summed E-state index contributed by atoms with van der Waals surface area (Å²) in [6.07, 6.45) is -2.84.